The van der Waals surface area contributed by atoms with Gasteiger partial charge in [0.15, 0.2) is 9.90 Å². The van der Waals surface area contributed by atoms with E-state index >= 15 is 0 Å². The van der Waals surface area contributed by atoms with E-state index in [1.54, 1.807) is 12.1 Å². The third kappa shape index (κ3) is 4.23. The zero-order valence-electron chi connectivity index (χ0n) is 14.4. The average molecular weight is 403 g/mol. The Bertz CT molecular complexity index is 1040. The number of benzene rings is 1. The number of thiazole rings is 1. The number of phenols is 1. The minimum Gasteiger partial charge on any atom is -0.507 e. The van der Waals surface area contributed by atoms with Gasteiger partial charge in [0.1, 0.15) is 17.3 Å². The number of amides is 1. The Morgan fingerprint density at radius 2 is 2.37 bits per heavy atom. The number of aromatic nitrogens is 4. The highest BCUT2D eigenvalue weighted by molar-refractivity contribution is 7.71. The lowest BCUT2D eigenvalue weighted by atomic mass is 10.2. The molecule has 2 heterocycles. The topological polar surface area (TPSA) is 105 Å². The molecule has 0 atom stereocenters. The zero-order chi connectivity index (χ0) is 19.4. The van der Waals surface area contributed by atoms with Crippen molar-refractivity contribution in [2.45, 2.75) is 13.0 Å². The second-order valence-corrected chi connectivity index (χ2v) is 6.75. The van der Waals surface area contributed by atoms with Crippen molar-refractivity contribution < 1.29 is 14.6 Å². The van der Waals surface area contributed by atoms with E-state index in [0.29, 0.717) is 28.6 Å². The fourth-order valence-corrected chi connectivity index (χ4v) is 3.34. The van der Waals surface area contributed by atoms with Gasteiger partial charge in [-0.15, -0.1) is 17.9 Å². The molecule has 0 spiro atoms. The minimum absolute atomic E-state index is 0.138. The first kappa shape index (κ1) is 18.8. The van der Waals surface area contributed by atoms with Gasteiger partial charge < -0.3 is 9.84 Å². The van der Waals surface area contributed by atoms with Gasteiger partial charge in [-0.3, -0.25) is 19.8 Å². The lowest BCUT2D eigenvalue weighted by Crippen LogP contribution is -2.12. The number of nitrogens with zero attached hydrogens (tertiary/aromatic N) is 3. The maximum atomic E-state index is 12.4. The van der Waals surface area contributed by atoms with E-state index in [1.807, 2.05) is 9.95 Å². The molecule has 27 heavy (non-hydrogen) atoms. The van der Waals surface area contributed by atoms with Crippen LogP contribution in [-0.2, 0) is 13.0 Å². The third-order valence-electron chi connectivity index (χ3n) is 3.71. The molecule has 0 fully saturated rings. The van der Waals surface area contributed by atoms with Crippen molar-refractivity contribution in [1.29, 1.82) is 0 Å². The molecule has 140 valence electrons. The molecule has 3 aromatic rings. The summed E-state index contributed by atoms with van der Waals surface area (Å²) in [6.45, 7) is 4.26. The van der Waals surface area contributed by atoms with Gasteiger partial charge in [-0.2, -0.15) is 5.10 Å². The zero-order valence-corrected chi connectivity index (χ0v) is 16.1. The van der Waals surface area contributed by atoms with Crippen molar-refractivity contribution in [3.8, 4) is 11.5 Å². The van der Waals surface area contributed by atoms with Gasteiger partial charge in [0.25, 0.3) is 5.91 Å². The highest BCUT2D eigenvalue weighted by Gasteiger charge is 2.15. The van der Waals surface area contributed by atoms with Crippen LogP contribution in [0.2, 0.25) is 0 Å². The van der Waals surface area contributed by atoms with Gasteiger partial charge in [-0.25, -0.2) is 4.98 Å². The number of rotatable bonds is 7. The molecule has 1 amide bonds. The van der Waals surface area contributed by atoms with Crippen LogP contribution in [-0.4, -0.2) is 37.9 Å². The summed E-state index contributed by atoms with van der Waals surface area (Å²) in [7, 11) is 1.48. The molecule has 0 saturated carbocycles. The number of H-pyrrole nitrogens is 1. The maximum absolute atomic E-state index is 12.4. The molecule has 10 heteroatoms. The number of aromatic hydroxyl groups is 1. The van der Waals surface area contributed by atoms with Gasteiger partial charge in [-0.1, -0.05) is 6.08 Å². The molecule has 3 N–H and O–H groups in total. The smallest absolute Gasteiger partial charge is 0.261 e. The summed E-state index contributed by atoms with van der Waals surface area (Å²) < 4.78 is 7.36. The Hall–Kier alpha value is -2.98. The van der Waals surface area contributed by atoms with E-state index in [1.165, 1.54) is 30.6 Å². The summed E-state index contributed by atoms with van der Waals surface area (Å²) in [6, 6.07) is 4.47. The van der Waals surface area contributed by atoms with Gasteiger partial charge in [-0.05, 0) is 24.4 Å². The number of methoxy groups -OCH3 is 1. The molecule has 0 radical (unpaired) electrons. The van der Waals surface area contributed by atoms with Crippen LogP contribution in [0.25, 0.3) is 0 Å². The molecular weight excluding hydrogens is 386 g/mol. The first-order chi connectivity index (χ1) is 13.0. The van der Waals surface area contributed by atoms with Crippen LogP contribution in [0, 0.1) is 4.77 Å². The molecular formula is C17H17N5O3S2. The summed E-state index contributed by atoms with van der Waals surface area (Å²) in [6.07, 6.45) is 2.20. The molecule has 3 rings (SSSR count). The fraction of sp³-hybridized carbons (Fsp3) is 0.176. The molecule has 2 aromatic heterocycles. The number of hydrogen-bond acceptors (Lipinski definition) is 7. The average Bonchev–Trinajstić information content (AvgIpc) is 3.23. The summed E-state index contributed by atoms with van der Waals surface area (Å²) in [5.74, 6) is 0.582. The van der Waals surface area contributed by atoms with Crippen LogP contribution < -0.4 is 10.1 Å². The SMILES string of the molecule is C=CCn1c(Cc2csc(NC(=O)c3ccc(OC)cc3O)n2)n[nH]c1=S. The Labute approximate surface area is 164 Å². The van der Waals surface area contributed by atoms with Crippen molar-refractivity contribution >= 4 is 34.6 Å². The van der Waals surface area contributed by atoms with Crippen molar-refractivity contribution in [1.82, 2.24) is 19.7 Å². The van der Waals surface area contributed by atoms with E-state index in [2.05, 4.69) is 27.1 Å². The van der Waals surface area contributed by atoms with Crippen molar-refractivity contribution in [2.24, 2.45) is 0 Å². The van der Waals surface area contributed by atoms with Crippen LogP contribution in [0.15, 0.2) is 36.2 Å². The number of phenolic OH excluding ortho intramolecular Hbond substituents is 1. The fourth-order valence-electron chi connectivity index (χ4n) is 2.41. The summed E-state index contributed by atoms with van der Waals surface area (Å²) in [5, 5.41) is 21.9. The van der Waals surface area contributed by atoms with Crippen molar-refractivity contribution in [3.63, 3.8) is 0 Å². The summed E-state index contributed by atoms with van der Waals surface area (Å²) >= 11 is 6.48. The van der Waals surface area contributed by atoms with Crippen LogP contribution >= 0.6 is 23.6 Å². The number of hydrogen-bond donors (Lipinski definition) is 3. The second kappa shape index (κ2) is 8.14. The van der Waals surface area contributed by atoms with Crippen LogP contribution in [0.5, 0.6) is 11.5 Å². The lowest BCUT2D eigenvalue weighted by Gasteiger charge is -2.06. The van der Waals surface area contributed by atoms with Gasteiger partial charge in [0.2, 0.25) is 0 Å². The number of carbonyl (C=O) groups excluding carboxylic acids is 1. The number of aromatic amines is 1. The van der Waals surface area contributed by atoms with Crippen molar-refractivity contribution in [2.75, 3.05) is 12.4 Å². The predicted octanol–water partition coefficient (Wildman–Crippen LogP) is 3.14. The maximum Gasteiger partial charge on any atom is 0.261 e. The molecule has 0 aliphatic rings. The highest BCUT2D eigenvalue weighted by Crippen LogP contribution is 2.25. The summed E-state index contributed by atoms with van der Waals surface area (Å²) in [4.78, 5) is 16.8. The molecule has 0 aliphatic carbocycles. The first-order valence-corrected chi connectivity index (χ1v) is 9.18. The molecule has 8 nitrogen and oxygen atoms in total. The third-order valence-corrected chi connectivity index (χ3v) is 4.83. The van der Waals surface area contributed by atoms with Gasteiger partial charge >= 0.3 is 0 Å². The number of allylic oxidation sites excluding steroid dienone is 1. The van der Waals surface area contributed by atoms with E-state index in [-0.39, 0.29) is 11.3 Å². The van der Waals surface area contributed by atoms with E-state index in [4.69, 9.17) is 17.0 Å². The number of anilines is 1. The Morgan fingerprint density at radius 3 is 3.07 bits per heavy atom. The highest BCUT2D eigenvalue weighted by atomic mass is 32.1. The molecule has 0 unspecified atom stereocenters. The quantitative estimate of drug-likeness (QED) is 0.413. The Morgan fingerprint density at radius 1 is 1.56 bits per heavy atom. The first-order valence-electron chi connectivity index (χ1n) is 7.89. The molecule has 0 bridgehead atoms. The molecule has 1 aromatic carbocycles. The van der Waals surface area contributed by atoms with E-state index in [9.17, 15) is 9.90 Å². The van der Waals surface area contributed by atoms with Crippen LogP contribution in [0.3, 0.4) is 0 Å². The standard InChI is InChI=1S/C17H17N5O3S2/c1-3-6-22-14(20-21-17(22)26)7-10-9-27-16(18-10)19-15(24)12-5-4-11(25-2)8-13(12)23/h3-5,8-9,23H,1,6-7H2,2H3,(H,21,26)(H,18,19,24). The normalized spacial score (nSPS) is 10.6. The number of ether oxygens (including phenoxy) is 1. The van der Waals surface area contributed by atoms with Crippen molar-refractivity contribution in [3.05, 3.63) is 58.1 Å². The lowest BCUT2D eigenvalue weighted by molar-refractivity contribution is 0.102. The Kier molecular flexibility index (Phi) is 5.67. The monoisotopic (exact) mass is 403 g/mol. The largest absolute Gasteiger partial charge is 0.507 e. The molecule has 0 aliphatic heterocycles. The van der Waals surface area contributed by atoms with Gasteiger partial charge in [0, 0.05) is 18.0 Å². The molecule has 0 saturated heterocycles. The van der Waals surface area contributed by atoms with E-state index in [0.717, 1.165) is 11.5 Å². The van der Waals surface area contributed by atoms with E-state index < -0.39 is 5.91 Å². The predicted molar refractivity (Wildman–Crippen MR) is 105 cm³/mol. The van der Waals surface area contributed by atoms with Gasteiger partial charge in [0.05, 0.1) is 24.8 Å². The van der Waals surface area contributed by atoms with Crippen LogP contribution in [0.4, 0.5) is 5.13 Å². The second-order valence-electron chi connectivity index (χ2n) is 5.50. The number of nitrogens with one attached hydrogen (secondary N) is 2. The summed E-state index contributed by atoms with van der Waals surface area (Å²) in [5.41, 5.74) is 0.882. The minimum atomic E-state index is -0.453. The van der Waals surface area contributed by atoms with Crippen LogP contribution in [0.1, 0.15) is 21.9 Å². The Balaban J connectivity index is 1.72. The number of carbonyl (C=O) groups is 1.